The van der Waals surface area contributed by atoms with Gasteiger partial charge in [-0.3, -0.25) is 9.59 Å². The first kappa shape index (κ1) is 16.2. The third-order valence-electron chi connectivity index (χ3n) is 3.61. The van der Waals surface area contributed by atoms with Gasteiger partial charge >= 0.3 is 0 Å². The van der Waals surface area contributed by atoms with Gasteiger partial charge in [-0.05, 0) is 48.7 Å². The molecule has 1 aromatic heterocycles. The van der Waals surface area contributed by atoms with E-state index in [1.165, 1.54) is 12.1 Å². The number of aromatic amines is 1. The summed E-state index contributed by atoms with van der Waals surface area (Å²) in [7, 11) is 0. The van der Waals surface area contributed by atoms with Crippen LogP contribution in [0, 0.1) is 5.82 Å². The lowest BCUT2D eigenvalue weighted by atomic mass is 10.0. The van der Waals surface area contributed by atoms with Gasteiger partial charge in [-0.1, -0.05) is 11.6 Å². The quantitative estimate of drug-likeness (QED) is 0.728. The summed E-state index contributed by atoms with van der Waals surface area (Å²) in [5.74, 6) is -0.0222. The van der Waals surface area contributed by atoms with E-state index < -0.39 is 11.9 Å². The number of carbonyl (C=O) groups excluding carboxylic acids is 1. The Hall–Kier alpha value is -2.66. The number of hydrogen-bond acceptors (Lipinski definition) is 3. The van der Waals surface area contributed by atoms with Crippen LogP contribution >= 0.6 is 11.6 Å². The second-order valence-corrected chi connectivity index (χ2v) is 5.73. The number of nitrogens with one attached hydrogen (secondary N) is 1. The minimum absolute atomic E-state index is 0.248. The number of pyridine rings is 1. The summed E-state index contributed by atoms with van der Waals surface area (Å²) >= 11 is 6.13. The van der Waals surface area contributed by atoms with Crippen molar-refractivity contribution in [2.45, 2.75) is 13.0 Å². The van der Waals surface area contributed by atoms with Crippen molar-refractivity contribution in [1.82, 2.24) is 4.98 Å². The molecule has 0 radical (unpaired) electrons. The lowest BCUT2D eigenvalue weighted by Gasteiger charge is -2.12. The summed E-state index contributed by atoms with van der Waals surface area (Å²) in [5, 5.41) is 1.29. The second-order valence-electron chi connectivity index (χ2n) is 5.32. The van der Waals surface area contributed by atoms with Crippen LogP contribution in [0.25, 0.3) is 21.9 Å². The maximum Gasteiger partial charge on any atom is 0.255 e. The molecule has 0 amide bonds. The van der Waals surface area contributed by atoms with Crippen LogP contribution in [0.2, 0.25) is 5.02 Å². The molecule has 0 saturated carbocycles. The highest BCUT2D eigenvalue weighted by Gasteiger charge is 2.12. The van der Waals surface area contributed by atoms with E-state index in [0.29, 0.717) is 33.9 Å². The van der Waals surface area contributed by atoms with Gasteiger partial charge in [0.2, 0.25) is 0 Å². The monoisotopic (exact) mass is 345 g/mol. The van der Waals surface area contributed by atoms with Gasteiger partial charge in [-0.15, -0.1) is 0 Å². The Morgan fingerprint density at radius 1 is 1.17 bits per heavy atom. The Morgan fingerprint density at radius 2 is 1.96 bits per heavy atom. The lowest BCUT2D eigenvalue weighted by molar-refractivity contribution is -0.113. The summed E-state index contributed by atoms with van der Waals surface area (Å²) in [6.45, 7) is 1.61. The summed E-state index contributed by atoms with van der Waals surface area (Å²) in [6.07, 6.45) is 1.60. The molecule has 2 aromatic carbocycles. The average Bonchev–Trinajstić information content (AvgIpc) is 2.56. The summed E-state index contributed by atoms with van der Waals surface area (Å²) in [4.78, 5) is 25.5. The Balaban J connectivity index is 2.19. The number of ether oxygens (including phenoxy) is 1. The van der Waals surface area contributed by atoms with Gasteiger partial charge in [-0.2, -0.15) is 0 Å². The van der Waals surface area contributed by atoms with E-state index in [9.17, 15) is 14.0 Å². The van der Waals surface area contributed by atoms with E-state index in [1.807, 2.05) is 0 Å². The predicted octanol–water partition coefficient (Wildman–Crippen LogP) is 3.95. The van der Waals surface area contributed by atoms with Crippen LogP contribution in [0.1, 0.15) is 6.92 Å². The van der Waals surface area contributed by atoms with Crippen LogP contribution in [0.5, 0.6) is 5.75 Å². The smallest absolute Gasteiger partial charge is 0.255 e. The SMILES string of the molecule is C[C@H](C=O)Oc1ccc2c(-c3ccc(F)cc3Cl)c[nH]c(=O)c2c1. The number of H-pyrrole nitrogens is 1. The number of aromatic nitrogens is 1. The molecule has 6 heteroatoms. The molecule has 0 bridgehead atoms. The van der Waals surface area contributed by atoms with Crippen LogP contribution in [0.15, 0.2) is 47.4 Å². The highest BCUT2D eigenvalue weighted by molar-refractivity contribution is 6.33. The molecule has 0 aliphatic heterocycles. The van der Waals surface area contributed by atoms with Gasteiger partial charge in [0, 0.05) is 17.3 Å². The molecule has 24 heavy (non-hydrogen) atoms. The second kappa shape index (κ2) is 6.45. The summed E-state index contributed by atoms with van der Waals surface area (Å²) in [6, 6.07) is 9.03. The lowest BCUT2D eigenvalue weighted by Crippen LogP contribution is -2.13. The molecule has 122 valence electrons. The van der Waals surface area contributed by atoms with Crippen molar-refractivity contribution in [2.24, 2.45) is 0 Å². The zero-order valence-electron chi connectivity index (χ0n) is 12.7. The van der Waals surface area contributed by atoms with Gasteiger partial charge in [0.1, 0.15) is 11.6 Å². The number of carbonyl (C=O) groups is 1. The number of rotatable bonds is 4. The van der Waals surface area contributed by atoms with Crippen molar-refractivity contribution < 1.29 is 13.9 Å². The first-order valence-electron chi connectivity index (χ1n) is 7.22. The molecule has 1 N–H and O–H groups in total. The van der Waals surface area contributed by atoms with E-state index in [0.717, 1.165) is 0 Å². The molecular weight excluding hydrogens is 333 g/mol. The van der Waals surface area contributed by atoms with Crippen molar-refractivity contribution >= 4 is 28.7 Å². The molecule has 1 atom stereocenters. The van der Waals surface area contributed by atoms with E-state index >= 15 is 0 Å². The first-order valence-corrected chi connectivity index (χ1v) is 7.60. The maximum atomic E-state index is 13.3. The van der Waals surface area contributed by atoms with Crippen molar-refractivity contribution in [2.75, 3.05) is 0 Å². The standard InChI is InChI=1S/C18H13ClFNO3/c1-10(9-22)24-12-3-5-13-15(7-12)18(23)21-8-16(13)14-4-2-11(20)6-17(14)19/h2-10H,1H3,(H,21,23)/t10-/m1/s1. The molecule has 0 fully saturated rings. The van der Waals surface area contributed by atoms with Gasteiger partial charge in [0.15, 0.2) is 12.4 Å². The normalized spacial score (nSPS) is 12.1. The first-order chi connectivity index (χ1) is 11.5. The van der Waals surface area contributed by atoms with Gasteiger partial charge < -0.3 is 9.72 Å². The fourth-order valence-electron chi connectivity index (χ4n) is 2.49. The Kier molecular flexibility index (Phi) is 4.36. The fourth-order valence-corrected chi connectivity index (χ4v) is 2.75. The molecule has 4 nitrogen and oxygen atoms in total. The largest absolute Gasteiger partial charge is 0.483 e. The van der Waals surface area contributed by atoms with Crippen LogP contribution in [0.4, 0.5) is 4.39 Å². The predicted molar refractivity (Wildman–Crippen MR) is 91.1 cm³/mol. The van der Waals surface area contributed by atoms with Crippen molar-refractivity contribution in [3.8, 4) is 16.9 Å². The molecule has 0 aliphatic carbocycles. The minimum Gasteiger partial charge on any atom is -0.483 e. The number of halogens is 2. The van der Waals surface area contributed by atoms with E-state index in [2.05, 4.69) is 4.98 Å². The minimum atomic E-state index is -0.615. The number of benzene rings is 2. The van der Waals surface area contributed by atoms with E-state index in [-0.39, 0.29) is 10.6 Å². The molecule has 3 rings (SSSR count). The topological polar surface area (TPSA) is 59.2 Å². The number of aldehydes is 1. The zero-order valence-corrected chi connectivity index (χ0v) is 13.4. The van der Waals surface area contributed by atoms with Crippen LogP contribution < -0.4 is 10.3 Å². The average molecular weight is 346 g/mol. The van der Waals surface area contributed by atoms with Crippen LogP contribution in [-0.4, -0.2) is 17.4 Å². The Morgan fingerprint density at radius 3 is 2.67 bits per heavy atom. The molecule has 0 saturated heterocycles. The van der Waals surface area contributed by atoms with Gasteiger partial charge in [-0.25, -0.2) is 4.39 Å². The van der Waals surface area contributed by atoms with Crippen molar-refractivity contribution in [1.29, 1.82) is 0 Å². The molecule has 0 unspecified atom stereocenters. The van der Waals surface area contributed by atoms with Crippen LogP contribution in [-0.2, 0) is 4.79 Å². The van der Waals surface area contributed by atoms with Crippen molar-refractivity contribution in [3.63, 3.8) is 0 Å². The molecule has 0 aliphatic rings. The van der Waals surface area contributed by atoms with E-state index in [4.69, 9.17) is 16.3 Å². The number of fused-ring (bicyclic) bond motifs is 1. The molecule has 0 spiro atoms. The Bertz CT molecular complexity index is 984. The number of hydrogen-bond donors (Lipinski definition) is 1. The molecule has 3 aromatic rings. The maximum absolute atomic E-state index is 13.3. The zero-order chi connectivity index (χ0) is 17.3. The summed E-state index contributed by atoms with van der Waals surface area (Å²) < 4.78 is 18.7. The molecular formula is C18H13ClFNO3. The fraction of sp³-hybridized carbons (Fsp3) is 0.111. The molecule has 1 heterocycles. The van der Waals surface area contributed by atoms with E-state index in [1.54, 1.807) is 37.4 Å². The Labute approximate surface area is 141 Å². The third-order valence-corrected chi connectivity index (χ3v) is 3.92. The van der Waals surface area contributed by atoms with Gasteiger partial charge in [0.05, 0.1) is 10.4 Å². The highest BCUT2D eigenvalue weighted by Crippen LogP contribution is 2.33. The van der Waals surface area contributed by atoms with Crippen molar-refractivity contribution in [3.05, 3.63) is 63.8 Å². The summed E-state index contributed by atoms with van der Waals surface area (Å²) in [5.41, 5.74) is 0.982. The van der Waals surface area contributed by atoms with Crippen LogP contribution in [0.3, 0.4) is 0 Å². The van der Waals surface area contributed by atoms with Gasteiger partial charge in [0.25, 0.3) is 5.56 Å². The highest BCUT2D eigenvalue weighted by atomic mass is 35.5. The third kappa shape index (κ3) is 3.03.